The SMILES string of the molecule is CNCCC(=O)NCC(c1ccc(F)cc1)N(C)C. The van der Waals surface area contributed by atoms with Gasteiger partial charge >= 0.3 is 0 Å². The van der Waals surface area contributed by atoms with Crippen molar-refractivity contribution in [1.29, 1.82) is 0 Å². The van der Waals surface area contributed by atoms with Crippen molar-refractivity contribution in [2.24, 2.45) is 0 Å². The Labute approximate surface area is 114 Å². The zero-order chi connectivity index (χ0) is 14.3. The summed E-state index contributed by atoms with van der Waals surface area (Å²) in [5.41, 5.74) is 0.986. The van der Waals surface area contributed by atoms with E-state index in [1.165, 1.54) is 12.1 Å². The van der Waals surface area contributed by atoms with Crippen LogP contribution in [0.1, 0.15) is 18.0 Å². The smallest absolute Gasteiger partial charge is 0.221 e. The average Bonchev–Trinajstić information content (AvgIpc) is 2.38. The molecule has 1 aromatic carbocycles. The Balaban J connectivity index is 2.58. The number of carbonyl (C=O) groups excluding carboxylic acids is 1. The van der Waals surface area contributed by atoms with Gasteiger partial charge in [-0.3, -0.25) is 4.79 Å². The highest BCUT2D eigenvalue weighted by Crippen LogP contribution is 2.17. The molecule has 0 spiro atoms. The van der Waals surface area contributed by atoms with Crippen molar-refractivity contribution in [3.05, 3.63) is 35.6 Å². The number of rotatable bonds is 7. The van der Waals surface area contributed by atoms with Crippen LogP contribution in [0.15, 0.2) is 24.3 Å². The number of hydrogen-bond donors (Lipinski definition) is 2. The minimum Gasteiger partial charge on any atom is -0.354 e. The largest absolute Gasteiger partial charge is 0.354 e. The second-order valence-electron chi connectivity index (χ2n) is 4.69. The van der Waals surface area contributed by atoms with Crippen molar-refractivity contribution in [2.45, 2.75) is 12.5 Å². The molecule has 0 saturated heterocycles. The monoisotopic (exact) mass is 267 g/mol. The molecule has 0 fully saturated rings. The fourth-order valence-electron chi connectivity index (χ4n) is 1.82. The first-order valence-corrected chi connectivity index (χ1v) is 6.37. The normalized spacial score (nSPS) is 12.5. The molecule has 1 rings (SSSR count). The van der Waals surface area contributed by atoms with E-state index in [-0.39, 0.29) is 17.8 Å². The number of benzene rings is 1. The Morgan fingerprint density at radius 3 is 2.47 bits per heavy atom. The van der Waals surface area contributed by atoms with E-state index in [1.807, 2.05) is 26.0 Å². The van der Waals surface area contributed by atoms with E-state index in [4.69, 9.17) is 0 Å². The molecule has 0 saturated carbocycles. The lowest BCUT2D eigenvalue weighted by Crippen LogP contribution is -2.35. The van der Waals surface area contributed by atoms with Crippen LogP contribution in [0.25, 0.3) is 0 Å². The number of halogens is 1. The molecule has 0 heterocycles. The van der Waals surface area contributed by atoms with Gasteiger partial charge in [-0.1, -0.05) is 12.1 Å². The highest BCUT2D eigenvalue weighted by atomic mass is 19.1. The fourth-order valence-corrected chi connectivity index (χ4v) is 1.82. The molecule has 1 atom stereocenters. The first-order valence-electron chi connectivity index (χ1n) is 6.37. The molecule has 106 valence electrons. The summed E-state index contributed by atoms with van der Waals surface area (Å²) in [6.45, 7) is 1.18. The number of nitrogens with zero attached hydrogens (tertiary/aromatic N) is 1. The lowest BCUT2D eigenvalue weighted by atomic mass is 10.1. The first-order chi connectivity index (χ1) is 9.04. The molecular weight excluding hydrogens is 245 g/mol. The third kappa shape index (κ3) is 5.36. The van der Waals surface area contributed by atoms with Gasteiger partial charge < -0.3 is 15.5 Å². The van der Waals surface area contributed by atoms with Crippen molar-refractivity contribution in [1.82, 2.24) is 15.5 Å². The maximum absolute atomic E-state index is 12.9. The molecule has 1 unspecified atom stereocenters. The number of hydrogen-bond acceptors (Lipinski definition) is 3. The van der Waals surface area contributed by atoms with Crippen LogP contribution in [-0.2, 0) is 4.79 Å². The van der Waals surface area contributed by atoms with Gasteiger partial charge in [-0.2, -0.15) is 0 Å². The van der Waals surface area contributed by atoms with Crippen molar-refractivity contribution >= 4 is 5.91 Å². The van der Waals surface area contributed by atoms with Gasteiger partial charge in [-0.25, -0.2) is 4.39 Å². The van der Waals surface area contributed by atoms with Crippen LogP contribution in [0.2, 0.25) is 0 Å². The van der Waals surface area contributed by atoms with Crippen LogP contribution in [0.4, 0.5) is 4.39 Å². The second-order valence-corrected chi connectivity index (χ2v) is 4.69. The van der Waals surface area contributed by atoms with Gasteiger partial charge in [0.05, 0.1) is 6.04 Å². The predicted octanol–water partition coefficient (Wildman–Crippen LogP) is 1.15. The van der Waals surface area contributed by atoms with E-state index in [9.17, 15) is 9.18 Å². The summed E-state index contributed by atoms with van der Waals surface area (Å²) >= 11 is 0. The Morgan fingerprint density at radius 1 is 1.32 bits per heavy atom. The summed E-state index contributed by atoms with van der Waals surface area (Å²) in [5, 5.41) is 5.83. The van der Waals surface area contributed by atoms with Gasteiger partial charge in [-0.05, 0) is 38.8 Å². The van der Waals surface area contributed by atoms with Crippen LogP contribution < -0.4 is 10.6 Å². The highest BCUT2D eigenvalue weighted by molar-refractivity contribution is 5.76. The lowest BCUT2D eigenvalue weighted by Gasteiger charge is -2.25. The van der Waals surface area contributed by atoms with Crippen molar-refractivity contribution in [3.8, 4) is 0 Å². The minimum atomic E-state index is -0.251. The molecule has 0 bridgehead atoms. The molecule has 1 aromatic rings. The molecular formula is C14H22FN3O. The summed E-state index contributed by atoms with van der Waals surface area (Å²) in [4.78, 5) is 13.6. The van der Waals surface area contributed by atoms with Crippen LogP contribution in [-0.4, -0.2) is 45.0 Å². The summed E-state index contributed by atoms with van der Waals surface area (Å²) in [7, 11) is 5.69. The molecule has 0 radical (unpaired) electrons. The van der Waals surface area contributed by atoms with Crippen molar-refractivity contribution in [3.63, 3.8) is 0 Å². The third-order valence-electron chi connectivity index (χ3n) is 2.97. The second kappa shape index (κ2) is 7.86. The zero-order valence-corrected chi connectivity index (χ0v) is 11.7. The molecule has 19 heavy (non-hydrogen) atoms. The molecule has 0 aliphatic heterocycles. The van der Waals surface area contributed by atoms with Gasteiger partial charge in [0.2, 0.25) is 5.91 Å². The summed E-state index contributed by atoms with van der Waals surface area (Å²) in [6.07, 6.45) is 0.458. The van der Waals surface area contributed by atoms with Crippen LogP contribution >= 0.6 is 0 Å². The first kappa shape index (κ1) is 15.6. The molecule has 2 N–H and O–H groups in total. The van der Waals surface area contributed by atoms with Gasteiger partial charge in [0.15, 0.2) is 0 Å². The third-order valence-corrected chi connectivity index (χ3v) is 2.97. The Hall–Kier alpha value is -1.46. The fraction of sp³-hybridized carbons (Fsp3) is 0.500. The molecule has 0 aliphatic carbocycles. The van der Waals surface area contributed by atoms with E-state index in [2.05, 4.69) is 10.6 Å². The number of likely N-dealkylation sites (N-methyl/N-ethyl adjacent to an activating group) is 1. The topological polar surface area (TPSA) is 44.4 Å². The Morgan fingerprint density at radius 2 is 1.95 bits per heavy atom. The summed E-state index contributed by atoms with van der Waals surface area (Å²) in [6, 6.07) is 6.42. The molecule has 1 amide bonds. The lowest BCUT2D eigenvalue weighted by molar-refractivity contribution is -0.121. The van der Waals surface area contributed by atoms with Gasteiger partial charge in [0.25, 0.3) is 0 Å². The Bertz CT molecular complexity index is 392. The number of nitrogens with one attached hydrogen (secondary N) is 2. The number of carbonyl (C=O) groups is 1. The van der Waals surface area contributed by atoms with Crippen molar-refractivity contribution < 1.29 is 9.18 Å². The van der Waals surface area contributed by atoms with Gasteiger partial charge in [0, 0.05) is 19.5 Å². The predicted molar refractivity (Wildman–Crippen MR) is 74.4 cm³/mol. The van der Waals surface area contributed by atoms with E-state index < -0.39 is 0 Å². The minimum absolute atomic E-state index is 0.0170. The van der Waals surface area contributed by atoms with Crippen LogP contribution in [0.3, 0.4) is 0 Å². The zero-order valence-electron chi connectivity index (χ0n) is 11.7. The maximum atomic E-state index is 12.9. The van der Waals surface area contributed by atoms with Gasteiger partial charge in [0.1, 0.15) is 5.82 Å². The average molecular weight is 267 g/mol. The van der Waals surface area contributed by atoms with E-state index in [1.54, 1.807) is 12.1 Å². The summed E-state index contributed by atoms with van der Waals surface area (Å²) in [5.74, 6) is -0.234. The van der Waals surface area contributed by atoms with E-state index in [0.717, 1.165) is 5.56 Å². The molecule has 0 aliphatic rings. The molecule has 5 heteroatoms. The van der Waals surface area contributed by atoms with Crippen LogP contribution in [0, 0.1) is 5.82 Å². The number of amides is 1. The molecule has 0 aromatic heterocycles. The quantitative estimate of drug-likeness (QED) is 0.779. The van der Waals surface area contributed by atoms with Crippen molar-refractivity contribution in [2.75, 3.05) is 34.2 Å². The maximum Gasteiger partial charge on any atom is 0.221 e. The van der Waals surface area contributed by atoms with E-state index in [0.29, 0.717) is 19.5 Å². The van der Waals surface area contributed by atoms with Gasteiger partial charge in [-0.15, -0.1) is 0 Å². The van der Waals surface area contributed by atoms with Crippen LogP contribution in [0.5, 0.6) is 0 Å². The summed E-state index contributed by atoms with van der Waals surface area (Å²) < 4.78 is 12.9. The molecule has 4 nitrogen and oxygen atoms in total. The standard InChI is InChI=1S/C14H22FN3O/c1-16-9-8-14(19)17-10-13(18(2)3)11-4-6-12(15)7-5-11/h4-7,13,16H,8-10H2,1-3H3,(H,17,19). The highest BCUT2D eigenvalue weighted by Gasteiger charge is 2.15. The Kier molecular flexibility index (Phi) is 6.45. The van der Waals surface area contributed by atoms with E-state index >= 15 is 0 Å².